The van der Waals surface area contributed by atoms with Crippen molar-refractivity contribution in [2.45, 2.75) is 64.5 Å². The molecule has 0 aromatic rings. The van der Waals surface area contributed by atoms with Crippen LogP contribution in [0.4, 0.5) is 0 Å². The van der Waals surface area contributed by atoms with Crippen LogP contribution in [0.2, 0.25) is 0 Å². The Hall–Kier alpha value is -0.120. The molecule has 2 N–H and O–H groups in total. The number of rotatable bonds is 3. The lowest BCUT2D eigenvalue weighted by Crippen LogP contribution is -2.50. The average Bonchev–Trinajstić information content (AvgIpc) is 2.73. The summed E-state index contributed by atoms with van der Waals surface area (Å²) in [5.74, 6) is 0.720. The van der Waals surface area contributed by atoms with E-state index in [9.17, 15) is 5.11 Å². The molecule has 2 aliphatic rings. The van der Waals surface area contributed by atoms with E-state index in [4.69, 9.17) is 4.74 Å². The topological polar surface area (TPSA) is 41.5 Å². The SMILES string of the molecule is CC(C)(C)C1CCCCC1NCC1(O)CCOC1. The van der Waals surface area contributed by atoms with E-state index < -0.39 is 5.60 Å². The van der Waals surface area contributed by atoms with Gasteiger partial charge in [-0.15, -0.1) is 0 Å². The number of hydrogen-bond donors (Lipinski definition) is 2. The molecule has 1 aliphatic heterocycles. The van der Waals surface area contributed by atoms with E-state index in [-0.39, 0.29) is 0 Å². The second-order valence-corrected chi connectivity index (χ2v) is 7.27. The third-order valence-electron chi connectivity index (χ3n) is 4.65. The van der Waals surface area contributed by atoms with E-state index in [0.29, 0.717) is 31.2 Å². The van der Waals surface area contributed by atoms with Gasteiger partial charge in [-0.25, -0.2) is 0 Å². The van der Waals surface area contributed by atoms with Crippen molar-refractivity contribution in [2.24, 2.45) is 11.3 Å². The number of hydrogen-bond acceptors (Lipinski definition) is 3. The van der Waals surface area contributed by atoms with E-state index in [1.165, 1.54) is 25.7 Å². The Balaban J connectivity index is 1.89. The van der Waals surface area contributed by atoms with E-state index in [0.717, 1.165) is 12.3 Å². The predicted molar refractivity (Wildman–Crippen MR) is 73.6 cm³/mol. The monoisotopic (exact) mass is 255 g/mol. The lowest BCUT2D eigenvalue weighted by atomic mass is 9.69. The second kappa shape index (κ2) is 5.48. The van der Waals surface area contributed by atoms with Crippen LogP contribution in [-0.4, -0.2) is 36.5 Å². The van der Waals surface area contributed by atoms with Crippen LogP contribution >= 0.6 is 0 Å². The lowest BCUT2D eigenvalue weighted by molar-refractivity contribution is 0.0170. The summed E-state index contributed by atoms with van der Waals surface area (Å²) in [5.41, 5.74) is -0.271. The van der Waals surface area contributed by atoms with Crippen LogP contribution in [0, 0.1) is 11.3 Å². The molecule has 106 valence electrons. The molecule has 0 amide bonds. The largest absolute Gasteiger partial charge is 0.386 e. The molecule has 3 unspecified atom stereocenters. The standard InChI is InChI=1S/C15H29NO2/c1-14(2,3)12-6-4-5-7-13(12)16-10-15(17)8-9-18-11-15/h12-13,16-17H,4-11H2,1-3H3. The summed E-state index contributed by atoms with van der Waals surface area (Å²) < 4.78 is 5.30. The molecule has 18 heavy (non-hydrogen) atoms. The van der Waals surface area contributed by atoms with Crippen LogP contribution in [-0.2, 0) is 4.74 Å². The smallest absolute Gasteiger partial charge is 0.102 e. The van der Waals surface area contributed by atoms with Crippen LogP contribution in [0.25, 0.3) is 0 Å². The van der Waals surface area contributed by atoms with Crippen molar-refractivity contribution in [1.82, 2.24) is 5.32 Å². The maximum Gasteiger partial charge on any atom is 0.102 e. The molecule has 1 aliphatic carbocycles. The van der Waals surface area contributed by atoms with Gasteiger partial charge in [0.05, 0.1) is 6.61 Å². The zero-order valence-corrected chi connectivity index (χ0v) is 12.2. The summed E-state index contributed by atoms with van der Waals surface area (Å²) in [7, 11) is 0. The Morgan fingerprint density at radius 1 is 1.28 bits per heavy atom. The minimum Gasteiger partial charge on any atom is -0.386 e. The summed E-state index contributed by atoms with van der Waals surface area (Å²) in [6.45, 7) is 8.89. The molecule has 0 aromatic carbocycles. The minimum atomic E-state index is -0.625. The highest BCUT2D eigenvalue weighted by molar-refractivity contribution is 4.92. The molecule has 0 spiro atoms. The van der Waals surface area contributed by atoms with Gasteiger partial charge in [0.1, 0.15) is 5.60 Å². The number of ether oxygens (including phenoxy) is 1. The Bertz CT molecular complexity index is 266. The van der Waals surface area contributed by atoms with E-state index in [2.05, 4.69) is 26.1 Å². The van der Waals surface area contributed by atoms with Gasteiger partial charge in [0.15, 0.2) is 0 Å². The highest BCUT2D eigenvalue weighted by Gasteiger charge is 2.37. The van der Waals surface area contributed by atoms with Gasteiger partial charge in [-0.1, -0.05) is 33.6 Å². The Kier molecular flexibility index (Phi) is 4.35. The van der Waals surface area contributed by atoms with Crippen molar-refractivity contribution >= 4 is 0 Å². The van der Waals surface area contributed by atoms with Crippen molar-refractivity contribution in [1.29, 1.82) is 0 Å². The first-order valence-electron chi connectivity index (χ1n) is 7.44. The van der Waals surface area contributed by atoms with Gasteiger partial charge in [-0.2, -0.15) is 0 Å². The quantitative estimate of drug-likeness (QED) is 0.813. The molecular formula is C15H29NO2. The molecule has 0 bridgehead atoms. The van der Waals surface area contributed by atoms with Crippen LogP contribution in [0.15, 0.2) is 0 Å². The molecule has 0 aromatic heterocycles. The number of nitrogens with one attached hydrogen (secondary N) is 1. The van der Waals surface area contributed by atoms with Crippen LogP contribution in [0.5, 0.6) is 0 Å². The second-order valence-electron chi connectivity index (χ2n) is 7.27. The van der Waals surface area contributed by atoms with Crippen molar-refractivity contribution in [3.8, 4) is 0 Å². The van der Waals surface area contributed by atoms with Crippen LogP contribution in [0.3, 0.4) is 0 Å². The lowest BCUT2D eigenvalue weighted by Gasteiger charge is -2.42. The van der Waals surface area contributed by atoms with Gasteiger partial charge in [-0.3, -0.25) is 0 Å². The van der Waals surface area contributed by atoms with Crippen LogP contribution in [0.1, 0.15) is 52.9 Å². The molecule has 2 fully saturated rings. The third-order valence-corrected chi connectivity index (χ3v) is 4.65. The maximum absolute atomic E-state index is 10.3. The van der Waals surface area contributed by atoms with Crippen molar-refractivity contribution in [3.05, 3.63) is 0 Å². The van der Waals surface area contributed by atoms with Crippen molar-refractivity contribution in [3.63, 3.8) is 0 Å². The minimum absolute atomic E-state index is 0.354. The van der Waals surface area contributed by atoms with Crippen molar-refractivity contribution < 1.29 is 9.84 Å². The molecule has 1 saturated heterocycles. The molecule has 2 rings (SSSR count). The van der Waals surface area contributed by atoms with Gasteiger partial charge >= 0.3 is 0 Å². The predicted octanol–water partition coefficient (Wildman–Crippen LogP) is 2.33. The fraction of sp³-hybridized carbons (Fsp3) is 1.00. The summed E-state index contributed by atoms with van der Waals surface area (Å²) in [5, 5.41) is 14.0. The average molecular weight is 255 g/mol. The fourth-order valence-electron chi connectivity index (χ4n) is 3.47. The molecule has 3 nitrogen and oxygen atoms in total. The summed E-state index contributed by atoms with van der Waals surface area (Å²) in [4.78, 5) is 0. The zero-order chi connectivity index (χ0) is 13.2. The Morgan fingerprint density at radius 2 is 2.00 bits per heavy atom. The highest BCUT2D eigenvalue weighted by Crippen LogP contribution is 2.38. The Morgan fingerprint density at radius 3 is 2.61 bits per heavy atom. The van der Waals surface area contributed by atoms with Crippen molar-refractivity contribution in [2.75, 3.05) is 19.8 Å². The van der Waals surface area contributed by atoms with Gasteiger partial charge < -0.3 is 15.2 Å². The molecule has 1 saturated carbocycles. The van der Waals surface area contributed by atoms with E-state index in [1.807, 2.05) is 0 Å². The third kappa shape index (κ3) is 3.46. The van der Waals surface area contributed by atoms with Gasteiger partial charge in [0.25, 0.3) is 0 Å². The molecule has 1 heterocycles. The fourth-order valence-corrected chi connectivity index (χ4v) is 3.47. The molecule has 0 radical (unpaired) electrons. The molecule has 3 atom stereocenters. The van der Waals surface area contributed by atoms with Crippen LogP contribution < -0.4 is 5.32 Å². The highest BCUT2D eigenvalue weighted by atomic mass is 16.5. The number of aliphatic hydroxyl groups is 1. The summed E-state index contributed by atoms with van der Waals surface area (Å²) in [6, 6.07) is 0.559. The first kappa shape index (κ1) is 14.3. The first-order valence-corrected chi connectivity index (χ1v) is 7.44. The summed E-state index contributed by atoms with van der Waals surface area (Å²) in [6.07, 6.45) is 6.01. The maximum atomic E-state index is 10.3. The normalized spacial score (nSPS) is 38.0. The molecule has 3 heteroatoms. The Labute approximate surface area is 111 Å². The van der Waals surface area contributed by atoms with E-state index in [1.54, 1.807) is 0 Å². The van der Waals surface area contributed by atoms with Gasteiger partial charge in [-0.05, 0) is 24.2 Å². The molecular weight excluding hydrogens is 226 g/mol. The zero-order valence-electron chi connectivity index (χ0n) is 12.2. The van der Waals surface area contributed by atoms with Gasteiger partial charge in [0.2, 0.25) is 0 Å². The van der Waals surface area contributed by atoms with Gasteiger partial charge in [0, 0.05) is 25.6 Å². The first-order chi connectivity index (χ1) is 8.41. The van der Waals surface area contributed by atoms with E-state index >= 15 is 0 Å². The summed E-state index contributed by atoms with van der Waals surface area (Å²) >= 11 is 0.